The van der Waals surface area contributed by atoms with Crippen molar-refractivity contribution in [3.05, 3.63) is 70.2 Å². The van der Waals surface area contributed by atoms with Crippen LogP contribution in [0.15, 0.2) is 48.5 Å². The van der Waals surface area contributed by atoms with E-state index in [1.807, 2.05) is 31.2 Å². The Bertz CT molecular complexity index is 903. The Morgan fingerprint density at radius 2 is 1.70 bits per heavy atom. The summed E-state index contributed by atoms with van der Waals surface area (Å²) in [5.41, 5.74) is 3.34. The average molecular weight is 471 g/mol. The smallest absolute Gasteiger partial charge is 0.242 e. The normalized spacial score (nSPS) is 12.3. The van der Waals surface area contributed by atoms with Gasteiger partial charge in [-0.25, -0.2) is 0 Å². The number of carbonyl (C=O) groups excluding carboxylic acids is 2. The van der Waals surface area contributed by atoms with Gasteiger partial charge >= 0.3 is 0 Å². The Morgan fingerprint density at radius 3 is 2.27 bits per heavy atom. The van der Waals surface area contributed by atoms with Crippen LogP contribution in [0, 0.1) is 0 Å². The van der Waals surface area contributed by atoms with Crippen molar-refractivity contribution in [1.29, 1.82) is 0 Å². The molecule has 2 aromatic rings. The fourth-order valence-corrected chi connectivity index (χ4v) is 4.00. The van der Waals surface area contributed by atoms with Gasteiger partial charge in [0, 0.05) is 24.5 Å². The highest BCUT2D eigenvalue weighted by molar-refractivity contribution is 6.31. The Balaban J connectivity index is 2.17. The van der Waals surface area contributed by atoms with Gasteiger partial charge in [-0.15, -0.1) is 0 Å². The Hall–Kier alpha value is -2.33. The lowest BCUT2D eigenvalue weighted by Gasteiger charge is -2.31. The number of hydrogen-bond donors (Lipinski definition) is 1. The molecule has 5 heteroatoms. The number of halogens is 1. The van der Waals surface area contributed by atoms with Crippen molar-refractivity contribution in [2.45, 2.75) is 84.7 Å². The SMILES string of the molecule is CCCCNC(=O)C(CC)N(Cc1ccccc1Cl)C(=O)CCc1ccc(C(C)(C)C)cc1. The summed E-state index contributed by atoms with van der Waals surface area (Å²) < 4.78 is 0. The average Bonchev–Trinajstić information content (AvgIpc) is 2.78. The fraction of sp³-hybridized carbons (Fsp3) is 0.500. The van der Waals surface area contributed by atoms with Crippen molar-refractivity contribution in [3.8, 4) is 0 Å². The van der Waals surface area contributed by atoms with Gasteiger partial charge in [-0.3, -0.25) is 9.59 Å². The molecule has 0 fully saturated rings. The van der Waals surface area contributed by atoms with E-state index in [2.05, 4.69) is 57.3 Å². The third-order valence-corrected chi connectivity index (χ3v) is 6.33. The predicted molar refractivity (Wildman–Crippen MR) is 137 cm³/mol. The second kappa shape index (κ2) is 12.8. The van der Waals surface area contributed by atoms with Crippen LogP contribution in [0.1, 0.15) is 77.0 Å². The van der Waals surface area contributed by atoms with Crippen LogP contribution in [0.4, 0.5) is 0 Å². The van der Waals surface area contributed by atoms with Crippen LogP contribution >= 0.6 is 11.6 Å². The van der Waals surface area contributed by atoms with E-state index in [1.54, 1.807) is 4.90 Å². The van der Waals surface area contributed by atoms with Gasteiger partial charge in [0.1, 0.15) is 6.04 Å². The van der Waals surface area contributed by atoms with E-state index in [-0.39, 0.29) is 17.2 Å². The van der Waals surface area contributed by atoms with Gasteiger partial charge in [-0.05, 0) is 47.4 Å². The van der Waals surface area contributed by atoms with Gasteiger partial charge in [0.25, 0.3) is 0 Å². The van der Waals surface area contributed by atoms with Crippen LogP contribution < -0.4 is 5.32 Å². The maximum Gasteiger partial charge on any atom is 0.242 e. The number of unbranched alkanes of at least 4 members (excludes halogenated alkanes) is 1. The standard InChI is InChI=1S/C28H39ClN2O2/c1-6-8-19-30-27(33)25(7-2)31(20-22-11-9-10-12-24(22)29)26(32)18-15-21-13-16-23(17-14-21)28(3,4)5/h9-14,16-17,25H,6-8,15,18-20H2,1-5H3,(H,30,33). The molecule has 0 aliphatic rings. The molecule has 2 amide bonds. The molecule has 2 rings (SSSR count). The molecular formula is C28H39ClN2O2. The second-order valence-electron chi connectivity index (χ2n) is 9.63. The molecule has 4 nitrogen and oxygen atoms in total. The summed E-state index contributed by atoms with van der Waals surface area (Å²) in [6.45, 7) is 11.5. The van der Waals surface area contributed by atoms with Crippen molar-refractivity contribution < 1.29 is 9.59 Å². The maximum absolute atomic E-state index is 13.4. The minimum Gasteiger partial charge on any atom is -0.354 e. The highest BCUT2D eigenvalue weighted by Crippen LogP contribution is 2.23. The minimum atomic E-state index is -0.520. The van der Waals surface area contributed by atoms with Crippen LogP contribution in [0.2, 0.25) is 5.02 Å². The first kappa shape index (κ1) is 26.9. The molecule has 1 N–H and O–H groups in total. The van der Waals surface area contributed by atoms with E-state index in [0.29, 0.717) is 37.4 Å². The van der Waals surface area contributed by atoms with Gasteiger partial charge < -0.3 is 10.2 Å². The van der Waals surface area contributed by atoms with Crippen molar-refractivity contribution in [1.82, 2.24) is 10.2 Å². The molecular weight excluding hydrogens is 432 g/mol. The van der Waals surface area contributed by atoms with E-state index >= 15 is 0 Å². The number of amides is 2. The highest BCUT2D eigenvalue weighted by Gasteiger charge is 2.28. The topological polar surface area (TPSA) is 49.4 Å². The van der Waals surface area contributed by atoms with Crippen molar-refractivity contribution in [2.24, 2.45) is 0 Å². The Kier molecular flexibility index (Phi) is 10.4. The molecule has 0 spiro atoms. The molecule has 0 radical (unpaired) electrons. The lowest BCUT2D eigenvalue weighted by atomic mass is 9.86. The predicted octanol–water partition coefficient (Wildman–Crippen LogP) is 6.29. The number of benzene rings is 2. The summed E-state index contributed by atoms with van der Waals surface area (Å²) in [6, 6.07) is 15.5. The molecule has 0 aromatic heterocycles. The largest absolute Gasteiger partial charge is 0.354 e. The lowest BCUT2D eigenvalue weighted by molar-refractivity contribution is -0.141. The third kappa shape index (κ3) is 8.19. The van der Waals surface area contributed by atoms with Gasteiger partial charge in [-0.1, -0.05) is 95.1 Å². The molecule has 2 aromatic carbocycles. The quantitative estimate of drug-likeness (QED) is 0.392. The number of rotatable bonds is 11. The lowest BCUT2D eigenvalue weighted by Crippen LogP contribution is -2.49. The zero-order valence-electron chi connectivity index (χ0n) is 20.8. The molecule has 0 bridgehead atoms. The van der Waals surface area contributed by atoms with Crippen LogP contribution in [-0.2, 0) is 28.0 Å². The molecule has 33 heavy (non-hydrogen) atoms. The first-order valence-electron chi connectivity index (χ1n) is 12.1. The summed E-state index contributed by atoms with van der Waals surface area (Å²) >= 11 is 6.39. The summed E-state index contributed by atoms with van der Waals surface area (Å²) in [5.74, 6) is -0.131. The van der Waals surface area contributed by atoms with E-state index in [0.717, 1.165) is 24.0 Å². The second-order valence-corrected chi connectivity index (χ2v) is 10.0. The third-order valence-electron chi connectivity index (χ3n) is 5.96. The molecule has 0 aliphatic heterocycles. The van der Waals surface area contributed by atoms with E-state index in [9.17, 15) is 9.59 Å². The fourth-order valence-electron chi connectivity index (χ4n) is 3.80. The summed E-state index contributed by atoms with van der Waals surface area (Å²) in [5, 5.41) is 3.60. The molecule has 180 valence electrons. The van der Waals surface area contributed by atoms with Crippen LogP contribution in [0.25, 0.3) is 0 Å². The van der Waals surface area contributed by atoms with E-state index in [1.165, 1.54) is 5.56 Å². The van der Waals surface area contributed by atoms with Crippen LogP contribution in [0.5, 0.6) is 0 Å². The zero-order chi connectivity index (χ0) is 24.4. The van der Waals surface area contributed by atoms with Crippen molar-refractivity contribution in [2.75, 3.05) is 6.54 Å². The molecule has 0 saturated carbocycles. The van der Waals surface area contributed by atoms with Crippen LogP contribution in [-0.4, -0.2) is 29.3 Å². The number of aryl methyl sites for hydroxylation is 1. The number of carbonyl (C=O) groups is 2. The van der Waals surface area contributed by atoms with E-state index in [4.69, 9.17) is 11.6 Å². The molecule has 0 heterocycles. The Morgan fingerprint density at radius 1 is 1.03 bits per heavy atom. The summed E-state index contributed by atoms with van der Waals surface area (Å²) in [4.78, 5) is 28.0. The monoisotopic (exact) mass is 470 g/mol. The van der Waals surface area contributed by atoms with Gasteiger partial charge in [-0.2, -0.15) is 0 Å². The molecule has 1 unspecified atom stereocenters. The van der Waals surface area contributed by atoms with Gasteiger partial charge in [0.15, 0.2) is 0 Å². The summed E-state index contributed by atoms with van der Waals surface area (Å²) in [6.07, 6.45) is 3.46. The molecule has 1 atom stereocenters. The zero-order valence-corrected chi connectivity index (χ0v) is 21.5. The van der Waals surface area contributed by atoms with Crippen molar-refractivity contribution in [3.63, 3.8) is 0 Å². The van der Waals surface area contributed by atoms with Gasteiger partial charge in [0.05, 0.1) is 0 Å². The van der Waals surface area contributed by atoms with Gasteiger partial charge in [0.2, 0.25) is 11.8 Å². The van der Waals surface area contributed by atoms with Crippen LogP contribution in [0.3, 0.4) is 0 Å². The number of nitrogens with one attached hydrogen (secondary N) is 1. The highest BCUT2D eigenvalue weighted by atomic mass is 35.5. The maximum atomic E-state index is 13.4. The first-order chi connectivity index (χ1) is 15.7. The number of hydrogen-bond acceptors (Lipinski definition) is 2. The minimum absolute atomic E-state index is 0.0349. The number of nitrogens with zero attached hydrogens (tertiary/aromatic N) is 1. The first-order valence-corrected chi connectivity index (χ1v) is 12.4. The molecule has 0 saturated heterocycles. The molecule has 0 aliphatic carbocycles. The Labute approximate surface area is 204 Å². The summed E-state index contributed by atoms with van der Waals surface area (Å²) in [7, 11) is 0. The van der Waals surface area contributed by atoms with E-state index < -0.39 is 6.04 Å². The van der Waals surface area contributed by atoms with Crippen molar-refractivity contribution >= 4 is 23.4 Å².